The molecule has 0 bridgehead atoms. The van der Waals surface area contributed by atoms with Gasteiger partial charge in [0.05, 0.1) is 10.6 Å². The molecule has 0 saturated carbocycles. The quantitative estimate of drug-likeness (QED) is 0.849. The summed E-state index contributed by atoms with van der Waals surface area (Å²) in [6.07, 6.45) is 3.95. The van der Waals surface area contributed by atoms with Crippen LogP contribution in [0.15, 0.2) is 53.7 Å². The molecule has 0 atom stereocenters. The van der Waals surface area contributed by atoms with Crippen molar-refractivity contribution in [3.8, 4) is 0 Å². The largest absolute Gasteiger partial charge is 0.319 e. The topological polar surface area (TPSA) is 71.1 Å². The van der Waals surface area contributed by atoms with Gasteiger partial charge in [-0.2, -0.15) is 0 Å². The monoisotopic (exact) mass is 291 g/mol. The fourth-order valence-corrected chi connectivity index (χ4v) is 2.80. The molecule has 0 unspecified atom stereocenters. The number of sulfonamides is 1. The lowest BCUT2D eigenvalue weighted by Crippen LogP contribution is -2.13. The van der Waals surface area contributed by atoms with Crippen LogP contribution in [0.3, 0.4) is 0 Å². The first-order chi connectivity index (χ1) is 9.62. The normalized spacial score (nSPS) is 11.2. The first kappa shape index (κ1) is 14.5. The van der Waals surface area contributed by atoms with E-state index in [1.54, 1.807) is 36.7 Å². The summed E-state index contributed by atoms with van der Waals surface area (Å²) < 4.78 is 26.9. The van der Waals surface area contributed by atoms with E-state index in [2.05, 4.69) is 15.0 Å². The highest BCUT2D eigenvalue weighted by molar-refractivity contribution is 7.92. The molecule has 1 aromatic carbocycles. The van der Waals surface area contributed by atoms with Crippen LogP contribution in [-0.2, 0) is 16.4 Å². The molecule has 6 heteroatoms. The third-order valence-electron chi connectivity index (χ3n) is 2.83. The highest BCUT2D eigenvalue weighted by Crippen LogP contribution is 2.15. The summed E-state index contributed by atoms with van der Waals surface area (Å²) >= 11 is 0. The summed E-state index contributed by atoms with van der Waals surface area (Å²) in [5, 5.41) is 3.06. The Balaban J connectivity index is 2.13. The summed E-state index contributed by atoms with van der Waals surface area (Å²) in [6, 6.07) is 10.1. The minimum absolute atomic E-state index is 0.252. The molecule has 0 radical (unpaired) electrons. The Morgan fingerprint density at radius 3 is 2.30 bits per heavy atom. The van der Waals surface area contributed by atoms with Gasteiger partial charge >= 0.3 is 0 Å². The Labute approximate surface area is 119 Å². The zero-order chi connectivity index (χ0) is 14.4. The van der Waals surface area contributed by atoms with Gasteiger partial charge in [0.25, 0.3) is 10.0 Å². The number of aromatic nitrogens is 1. The van der Waals surface area contributed by atoms with Gasteiger partial charge in [0.15, 0.2) is 0 Å². The summed E-state index contributed by atoms with van der Waals surface area (Å²) in [4.78, 5) is 4.10. The Hall–Kier alpha value is -1.92. The molecule has 0 saturated heterocycles. The zero-order valence-electron chi connectivity index (χ0n) is 11.2. The smallest absolute Gasteiger partial charge is 0.261 e. The highest BCUT2D eigenvalue weighted by atomic mass is 32.2. The van der Waals surface area contributed by atoms with E-state index in [9.17, 15) is 8.42 Å². The number of pyridine rings is 1. The second-order valence-electron chi connectivity index (χ2n) is 4.34. The molecule has 2 N–H and O–H groups in total. The van der Waals surface area contributed by atoms with Gasteiger partial charge < -0.3 is 5.32 Å². The lowest BCUT2D eigenvalue weighted by molar-refractivity contribution is 0.601. The third kappa shape index (κ3) is 3.79. The molecule has 2 rings (SSSR count). The van der Waals surface area contributed by atoms with Crippen molar-refractivity contribution in [3.63, 3.8) is 0 Å². The van der Waals surface area contributed by atoms with Crippen LogP contribution < -0.4 is 10.0 Å². The maximum atomic E-state index is 12.2. The molecule has 106 valence electrons. The summed E-state index contributed by atoms with van der Waals surface area (Å²) in [7, 11) is -1.66. The van der Waals surface area contributed by atoms with E-state index in [-0.39, 0.29) is 4.90 Å². The van der Waals surface area contributed by atoms with Crippen LogP contribution in [-0.4, -0.2) is 27.0 Å². The molecule has 0 amide bonds. The van der Waals surface area contributed by atoms with Crippen molar-refractivity contribution in [1.29, 1.82) is 0 Å². The number of rotatable bonds is 6. The van der Waals surface area contributed by atoms with E-state index in [0.29, 0.717) is 5.69 Å². The van der Waals surface area contributed by atoms with E-state index in [1.807, 2.05) is 19.2 Å². The molecular formula is C14H17N3O2S. The lowest BCUT2D eigenvalue weighted by Gasteiger charge is -2.08. The standard InChI is InChI=1S/C14H17N3O2S/c1-15-9-6-12-2-4-14(5-3-12)20(18,19)17-13-7-10-16-11-8-13/h2-5,7-8,10-11,15H,6,9H2,1H3,(H,16,17). The predicted octanol–water partition coefficient (Wildman–Crippen LogP) is 1.64. The van der Waals surface area contributed by atoms with Crippen LogP contribution in [0.5, 0.6) is 0 Å². The number of likely N-dealkylation sites (N-methyl/N-ethyl adjacent to an activating group) is 1. The van der Waals surface area contributed by atoms with Crippen molar-refractivity contribution in [1.82, 2.24) is 10.3 Å². The van der Waals surface area contributed by atoms with Gasteiger partial charge in [-0.25, -0.2) is 8.42 Å². The van der Waals surface area contributed by atoms with Crippen molar-refractivity contribution in [2.75, 3.05) is 18.3 Å². The summed E-state index contributed by atoms with van der Waals surface area (Å²) in [5.74, 6) is 0. The molecular weight excluding hydrogens is 274 g/mol. The van der Waals surface area contributed by atoms with Crippen LogP contribution in [0.25, 0.3) is 0 Å². The molecule has 0 aliphatic carbocycles. The minimum Gasteiger partial charge on any atom is -0.319 e. The Morgan fingerprint density at radius 1 is 1.05 bits per heavy atom. The van der Waals surface area contributed by atoms with Gasteiger partial charge in [0.1, 0.15) is 0 Å². The fourth-order valence-electron chi connectivity index (χ4n) is 1.74. The SMILES string of the molecule is CNCCc1ccc(S(=O)(=O)Nc2ccncc2)cc1. The van der Waals surface area contributed by atoms with Gasteiger partial charge in [-0.15, -0.1) is 0 Å². The first-order valence-corrected chi connectivity index (χ1v) is 7.76. The van der Waals surface area contributed by atoms with Crippen molar-refractivity contribution in [2.24, 2.45) is 0 Å². The summed E-state index contributed by atoms with van der Waals surface area (Å²) in [5.41, 5.74) is 1.60. The Kier molecular flexibility index (Phi) is 4.70. The molecule has 1 aromatic heterocycles. The van der Waals surface area contributed by atoms with Crippen molar-refractivity contribution in [3.05, 3.63) is 54.4 Å². The van der Waals surface area contributed by atoms with Crippen LogP contribution in [0, 0.1) is 0 Å². The first-order valence-electron chi connectivity index (χ1n) is 6.28. The number of hydrogen-bond acceptors (Lipinski definition) is 4. The van der Waals surface area contributed by atoms with Crippen molar-refractivity contribution in [2.45, 2.75) is 11.3 Å². The van der Waals surface area contributed by atoms with E-state index >= 15 is 0 Å². The van der Waals surface area contributed by atoms with Crippen molar-refractivity contribution >= 4 is 15.7 Å². The maximum Gasteiger partial charge on any atom is 0.261 e. The molecule has 1 heterocycles. The number of benzene rings is 1. The van der Waals surface area contributed by atoms with Crippen LogP contribution >= 0.6 is 0 Å². The average molecular weight is 291 g/mol. The fraction of sp³-hybridized carbons (Fsp3) is 0.214. The van der Waals surface area contributed by atoms with E-state index in [1.165, 1.54) is 0 Å². The van der Waals surface area contributed by atoms with Gasteiger partial charge in [-0.05, 0) is 49.8 Å². The van der Waals surface area contributed by atoms with Gasteiger partial charge in [-0.3, -0.25) is 9.71 Å². The molecule has 5 nitrogen and oxygen atoms in total. The number of hydrogen-bond donors (Lipinski definition) is 2. The van der Waals surface area contributed by atoms with E-state index in [0.717, 1.165) is 18.5 Å². The van der Waals surface area contributed by atoms with E-state index in [4.69, 9.17) is 0 Å². The molecule has 20 heavy (non-hydrogen) atoms. The molecule has 0 fully saturated rings. The van der Waals surface area contributed by atoms with Crippen LogP contribution in [0.1, 0.15) is 5.56 Å². The predicted molar refractivity (Wildman–Crippen MR) is 79.1 cm³/mol. The summed E-state index contributed by atoms with van der Waals surface area (Å²) in [6.45, 7) is 0.862. The number of nitrogens with one attached hydrogen (secondary N) is 2. The highest BCUT2D eigenvalue weighted by Gasteiger charge is 2.13. The van der Waals surface area contributed by atoms with Gasteiger partial charge in [0.2, 0.25) is 0 Å². The van der Waals surface area contributed by atoms with Crippen LogP contribution in [0.4, 0.5) is 5.69 Å². The molecule has 0 aliphatic heterocycles. The maximum absolute atomic E-state index is 12.2. The minimum atomic E-state index is -3.54. The molecule has 0 aliphatic rings. The van der Waals surface area contributed by atoms with Crippen molar-refractivity contribution < 1.29 is 8.42 Å². The molecule has 0 spiro atoms. The lowest BCUT2D eigenvalue weighted by atomic mass is 10.1. The van der Waals surface area contributed by atoms with Crippen LogP contribution in [0.2, 0.25) is 0 Å². The van der Waals surface area contributed by atoms with Gasteiger partial charge in [-0.1, -0.05) is 12.1 Å². The second kappa shape index (κ2) is 6.49. The molecule has 2 aromatic rings. The number of anilines is 1. The zero-order valence-corrected chi connectivity index (χ0v) is 12.0. The van der Waals surface area contributed by atoms with Gasteiger partial charge in [0, 0.05) is 12.4 Å². The second-order valence-corrected chi connectivity index (χ2v) is 6.02. The third-order valence-corrected chi connectivity index (χ3v) is 4.23. The Morgan fingerprint density at radius 2 is 1.70 bits per heavy atom. The average Bonchev–Trinajstić information content (AvgIpc) is 2.46. The van der Waals surface area contributed by atoms with E-state index < -0.39 is 10.0 Å². The Bertz CT molecular complexity index is 640. The number of nitrogens with zero attached hydrogens (tertiary/aromatic N) is 1.